The molecule has 0 spiro atoms. The molecule has 2 unspecified atom stereocenters. The number of carbonyl (C=O) groups excluding carboxylic acids is 1. The van der Waals surface area contributed by atoms with Gasteiger partial charge in [-0.2, -0.15) is 10.1 Å². The Morgan fingerprint density at radius 1 is 1.23 bits per heavy atom. The summed E-state index contributed by atoms with van der Waals surface area (Å²) < 4.78 is 18.5. The maximum absolute atomic E-state index is 13.2. The lowest BCUT2D eigenvalue weighted by Crippen LogP contribution is -2.50. The van der Waals surface area contributed by atoms with Gasteiger partial charge in [0.1, 0.15) is 24.7 Å². The van der Waals surface area contributed by atoms with Crippen molar-refractivity contribution >= 4 is 12.2 Å². The normalized spacial score (nSPS) is 20.7. The predicted molar refractivity (Wildman–Crippen MR) is 106 cm³/mol. The second-order valence-electron chi connectivity index (χ2n) is 7.40. The van der Waals surface area contributed by atoms with Crippen LogP contribution in [0.3, 0.4) is 0 Å². The minimum atomic E-state index is -0.406. The zero-order valence-electron chi connectivity index (χ0n) is 16.2. The summed E-state index contributed by atoms with van der Waals surface area (Å²) in [5.41, 5.74) is 6.10. The number of carbonyl (C=O) groups is 1. The van der Waals surface area contributed by atoms with Crippen molar-refractivity contribution in [3.8, 4) is 11.4 Å². The Kier molecular flexibility index (Phi) is 4.51. The summed E-state index contributed by atoms with van der Waals surface area (Å²) in [6, 6.07) is 13.6. The van der Waals surface area contributed by atoms with Gasteiger partial charge in [0.15, 0.2) is 0 Å². The molecular formula is C21H19FN6O2. The van der Waals surface area contributed by atoms with Gasteiger partial charge in [-0.15, -0.1) is 0 Å². The highest BCUT2D eigenvalue weighted by Crippen LogP contribution is 2.30. The summed E-state index contributed by atoms with van der Waals surface area (Å²) in [6.07, 6.45) is 2.12. The van der Waals surface area contributed by atoms with Crippen LogP contribution in [0.2, 0.25) is 0 Å². The monoisotopic (exact) mass is 406 g/mol. The maximum atomic E-state index is 13.2. The molecule has 2 aliphatic rings. The van der Waals surface area contributed by atoms with Crippen molar-refractivity contribution in [3.63, 3.8) is 0 Å². The number of rotatable bonds is 4. The number of hydrazine groups is 1. The molecule has 3 aromatic rings. The lowest BCUT2D eigenvalue weighted by Gasteiger charge is -2.29. The molecular weight excluding hydrogens is 387 g/mol. The van der Waals surface area contributed by atoms with Crippen LogP contribution in [0.15, 0.2) is 58.2 Å². The van der Waals surface area contributed by atoms with Crippen LogP contribution in [-0.2, 0) is 11.3 Å². The number of nitrogens with zero attached hydrogens (tertiary/aromatic N) is 5. The predicted octanol–water partition coefficient (Wildman–Crippen LogP) is 2.79. The van der Waals surface area contributed by atoms with Gasteiger partial charge in [-0.05, 0) is 37.1 Å². The summed E-state index contributed by atoms with van der Waals surface area (Å²) in [5, 5.41) is 11.3. The van der Waals surface area contributed by atoms with Crippen molar-refractivity contribution in [1.82, 2.24) is 25.6 Å². The van der Waals surface area contributed by atoms with Gasteiger partial charge in [0.05, 0.1) is 6.04 Å². The Labute approximate surface area is 172 Å². The summed E-state index contributed by atoms with van der Waals surface area (Å²) in [6.45, 7) is 2.09. The second kappa shape index (κ2) is 7.34. The number of hydrazone groups is 1. The Hall–Kier alpha value is -3.59. The van der Waals surface area contributed by atoms with Crippen LogP contribution >= 0.6 is 0 Å². The molecule has 0 radical (unpaired) electrons. The number of aromatic nitrogens is 2. The van der Waals surface area contributed by atoms with E-state index < -0.39 is 6.04 Å². The van der Waals surface area contributed by atoms with E-state index >= 15 is 0 Å². The molecule has 9 heteroatoms. The highest BCUT2D eigenvalue weighted by molar-refractivity contribution is 5.87. The number of benzene rings is 2. The van der Waals surface area contributed by atoms with Crippen molar-refractivity contribution in [2.24, 2.45) is 5.10 Å². The topological polar surface area (TPSA) is 86.9 Å². The van der Waals surface area contributed by atoms with Gasteiger partial charge in [0, 0.05) is 5.56 Å². The fraction of sp³-hybridized carbons (Fsp3) is 0.238. The van der Waals surface area contributed by atoms with E-state index in [0.717, 1.165) is 16.7 Å². The fourth-order valence-corrected chi connectivity index (χ4v) is 3.71. The van der Waals surface area contributed by atoms with E-state index in [2.05, 4.69) is 20.7 Å². The smallest absolute Gasteiger partial charge is 0.267 e. The quantitative estimate of drug-likeness (QED) is 0.717. The molecule has 5 rings (SSSR count). The Morgan fingerprint density at radius 3 is 2.87 bits per heavy atom. The van der Waals surface area contributed by atoms with E-state index in [1.165, 1.54) is 17.1 Å². The Balaban J connectivity index is 1.28. The molecule has 8 nitrogen and oxygen atoms in total. The molecule has 152 valence electrons. The molecule has 1 N–H and O–H groups in total. The third kappa shape index (κ3) is 3.43. The SMILES string of the molecule is Cc1cccc(-c2noc(CN3N=CN4NC(c5ccc(F)cc5)CC4C3=O)n2)c1. The third-order valence-corrected chi connectivity index (χ3v) is 5.26. The van der Waals surface area contributed by atoms with Gasteiger partial charge in [-0.3, -0.25) is 9.80 Å². The molecule has 2 aliphatic heterocycles. The number of halogens is 1. The lowest BCUT2D eigenvalue weighted by atomic mass is 10.0. The molecule has 30 heavy (non-hydrogen) atoms. The molecule has 1 amide bonds. The number of fused-ring (bicyclic) bond motifs is 1. The highest BCUT2D eigenvalue weighted by Gasteiger charge is 2.41. The van der Waals surface area contributed by atoms with Crippen LogP contribution in [0, 0.1) is 12.7 Å². The molecule has 1 saturated heterocycles. The van der Waals surface area contributed by atoms with E-state index in [0.29, 0.717) is 18.1 Å². The summed E-state index contributed by atoms with van der Waals surface area (Å²) in [7, 11) is 0. The van der Waals surface area contributed by atoms with Crippen LogP contribution < -0.4 is 5.43 Å². The second-order valence-corrected chi connectivity index (χ2v) is 7.40. The third-order valence-electron chi connectivity index (χ3n) is 5.26. The van der Waals surface area contributed by atoms with E-state index in [1.807, 2.05) is 31.2 Å². The highest BCUT2D eigenvalue weighted by atomic mass is 19.1. The van der Waals surface area contributed by atoms with E-state index in [1.54, 1.807) is 23.5 Å². The first-order valence-corrected chi connectivity index (χ1v) is 9.62. The van der Waals surface area contributed by atoms with Crippen molar-refractivity contribution in [3.05, 3.63) is 71.4 Å². The van der Waals surface area contributed by atoms with Crippen molar-refractivity contribution in [2.45, 2.75) is 32.0 Å². The van der Waals surface area contributed by atoms with Gasteiger partial charge in [0.2, 0.25) is 11.7 Å². The Morgan fingerprint density at radius 2 is 2.07 bits per heavy atom. The summed E-state index contributed by atoms with van der Waals surface area (Å²) in [4.78, 5) is 17.3. The zero-order valence-corrected chi connectivity index (χ0v) is 16.2. The molecule has 3 heterocycles. The van der Waals surface area contributed by atoms with Crippen LogP contribution in [0.4, 0.5) is 4.39 Å². The minimum absolute atomic E-state index is 0.0951. The molecule has 2 aromatic carbocycles. The van der Waals surface area contributed by atoms with Crippen LogP contribution in [-0.4, -0.2) is 38.4 Å². The van der Waals surface area contributed by atoms with Gasteiger partial charge in [0.25, 0.3) is 5.91 Å². The van der Waals surface area contributed by atoms with Gasteiger partial charge in [-0.25, -0.2) is 14.8 Å². The first-order chi connectivity index (χ1) is 14.6. The van der Waals surface area contributed by atoms with Crippen molar-refractivity contribution < 1.29 is 13.7 Å². The lowest BCUT2D eigenvalue weighted by molar-refractivity contribution is -0.137. The number of hydrogen-bond donors (Lipinski definition) is 1. The fourth-order valence-electron chi connectivity index (χ4n) is 3.71. The van der Waals surface area contributed by atoms with E-state index in [-0.39, 0.29) is 24.3 Å². The van der Waals surface area contributed by atoms with Gasteiger partial charge < -0.3 is 4.52 Å². The summed E-state index contributed by atoms with van der Waals surface area (Å²) >= 11 is 0. The number of amides is 1. The van der Waals surface area contributed by atoms with Crippen LogP contribution in [0.25, 0.3) is 11.4 Å². The molecule has 0 bridgehead atoms. The average Bonchev–Trinajstić information content (AvgIpc) is 3.38. The van der Waals surface area contributed by atoms with Gasteiger partial charge >= 0.3 is 0 Å². The summed E-state index contributed by atoms with van der Waals surface area (Å²) in [5.74, 6) is 0.335. The van der Waals surface area contributed by atoms with E-state index in [9.17, 15) is 9.18 Å². The number of aryl methyl sites for hydroxylation is 1. The van der Waals surface area contributed by atoms with Gasteiger partial charge in [-0.1, -0.05) is 41.1 Å². The largest absolute Gasteiger partial charge is 0.337 e. The van der Waals surface area contributed by atoms with Crippen molar-refractivity contribution in [1.29, 1.82) is 0 Å². The number of hydrogen-bond acceptors (Lipinski definition) is 7. The molecule has 1 aromatic heterocycles. The molecule has 0 aliphatic carbocycles. The van der Waals surface area contributed by atoms with Crippen LogP contribution in [0.1, 0.15) is 29.5 Å². The Bertz CT molecular complexity index is 1110. The molecule has 1 fully saturated rings. The minimum Gasteiger partial charge on any atom is -0.337 e. The first-order valence-electron chi connectivity index (χ1n) is 9.62. The molecule has 2 atom stereocenters. The van der Waals surface area contributed by atoms with Crippen molar-refractivity contribution in [2.75, 3.05) is 0 Å². The molecule has 0 saturated carbocycles. The van der Waals surface area contributed by atoms with E-state index in [4.69, 9.17) is 4.52 Å². The average molecular weight is 406 g/mol. The standard InChI is InChI=1S/C21H19FN6O2/c1-13-3-2-4-15(9-13)20-24-19(30-26-20)11-27-21(29)18-10-17(25-28(18)12-23-27)14-5-7-16(22)8-6-14/h2-9,12,17-18,25H,10-11H2,1H3. The first kappa shape index (κ1) is 18.4. The number of nitrogens with one attached hydrogen (secondary N) is 1. The maximum Gasteiger partial charge on any atom is 0.267 e. The zero-order chi connectivity index (χ0) is 20.7. The van der Waals surface area contributed by atoms with Crippen LogP contribution in [0.5, 0.6) is 0 Å².